The lowest BCUT2D eigenvalue weighted by atomic mass is 10.0. The molecule has 178 valence electrons. The average molecular weight is 482 g/mol. The van der Waals surface area contributed by atoms with Gasteiger partial charge in [-0.1, -0.05) is 36.4 Å². The first kappa shape index (κ1) is 22.6. The van der Waals surface area contributed by atoms with Crippen molar-refractivity contribution >= 4 is 38.2 Å². The number of aromatic nitrogens is 1. The molecule has 0 bridgehead atoms. The fourth-order valence-electron chi connectivity index (χ4n) is 4.76. The van der Waals surface area contributed by atoms with E-state index in [9.17, 15) is 18.0 Å². The van der Waals surface area contributed by atoms with Crippen LogP contribution in [0.1, 0.15) is 12.0 Å². The molecule has 2 aliphatic heterocycles. The molecule has 3 heterocycles. The summed E-state index contributed by atoms with van der Waals surface area (Å²) in [7, 11) is -3.93. The van der Waals surface area contributed by atoms with E-state index in [-0.39, 0.29) is 17.3 Å². The van der Waals surface area contributed by atoms with Gasteiger partial charge >= 0.3 is 0 Å². The number of morpholine rings is 1. The van der Waals surface area contributed by atoms with Crippen molar-refractivity contribution < 1.29 is 22.7 Å². The van der Waals surface area contributed by atoms with Crippen molar-refractivity contribution in [3.05, 3.63) is 60.3 Å². The molecule has 8 nitrogen and oxygen atoms in total. The summed E-state index contributed by atoms with van der Waals surface area (Å²) in [6.07, 6.45) is 3.17. The van der Waals surface area contributed by atoms with Crippen LogP contribution >= 0.6 is 0 Å². The fourth-order valence-corrected chi connectivity index (χ4v) is 6.19. The minimum absolute atomic E-state index is 0.0312. The summed E-state index contributed by atoms with van der Waals surface area (Å²) in [5.41, 5.74) is 2.49. The number of fused-ring (bicyclic) bond motifs is 2. The summed E-state index contributed by atoms with van der Waals surface area (Å²) in [5.74, 6) is -1.14. The van der Waals surface area contributed by atoms with Crippen molar-refractivity contribution in [3.8, 4) is 0 Å². The lowest BCUT2D eigenvalue weighted by Gasteiger charge is -2.29. The van der Waals surface area contributed by atoms with E-state index < -0.39 is 21.5 Å². The first-order chi connectivity index (χ1) is 16.4. The van der Waals surface area contributed by atoms with Crippen LogP contribution < -0.4 is 4.90 Å². The zero-order chi connectivity index (χ0) is 23.7. The molecule has 0 radical (unpaired) electrons. The van der Waals surface area contributed by atoms with Gasteiger partial charge in [-0.3, -0.25) is 9.59 Å². The summed E-state index contributed by atoms with van der Waals surface area (Å²) in [6, 6.07) is 14.7. The Balaban J connectivity index is 1.42. The van der Waals surface area contributed by atoms with Gasteiger partial charge in [0.25, 0.3) is 0 Å². The SMILES string of the molecule is O=C(Cn1cc(S(=O)(=O)CC(=O)N2CCCc3ccccc32)c2ccccc21)N1CCOCC1. The number of amides is 2. The van der Waals surface area contributed by atoms with Crippen LogP contribution in [0.3, 0.4) is 0 Å². The minimum atomic E-state index is -3.93. The second kappa shape index (κ2) is 9.23. The Morgan fingerprint density at radius 3 is 2.47 bits per heavy atom. The van der Waals surface area contributed by atoms with Gasteiger partial charge in [-0.15, -0.1) is 0 Å². The lowest BCUT2D eigenvalue weighted by Crippen LogP contribution is -2.42. The van der Waals surface area contributed by atoms with Crippen molar-refractivity contribution in [3.63, 3.8) is 0 Å². The largest absolute Gasteiger partial charge is 0.378 e. The van der Waals surface area contributed by atoms with Crippen LogP contribution in [-0.2, 0) is 37.1 Å². The Kier molecular flexibility index (Phi) is 6.14. The Bertz CT molecular complexity index is 1340. The van der Waals surface area contributed by atoms with Crippen molar-refractivity contribution in [1.29, 1.82) is 0 Å². The number of rotatable bonds is 5. The quantitative estimate of drug-likeness (QED) is 0.558. The van der Waals surface area contributed by atoms with E-state index in [0.717, 1.165) is 24.1 Å². The molecular weight excluding hydrogens is 454 g/mol. The third kappa shape index (κ3) is 4.33. The highest BCUT2D eigenvalue weighted by atomic mass is 32.2. The van der Waals surface area contributed by atoms with E-state index in [1.165, 1.54) is 6.20 Å². The second-order valence-electron chi connectivity index (χ2n) is 8.67. The molecule has 1 saturated heterocycles. The number of benzene rings is 2. The molecule has 0 spiro atoms. The fraction of sp³-hybridized carbons (Fsp3) is 0.360. The van der Waals surface area contributed by atoms with Gasteiger partial charge in [-0.25, -0.2) is 8.42 Å². The number of hydrogen-bond donors (Lipinski definition) is 0. The Morgan fingerprint density at radius 2 is 1.65 bits per heavy atom. The van der Waals surface area contributed by atoms with Gasteiger partial charge in [0.1, 0.15) is 12.3 Å². The Labute approximate surface area is 198 Å². The van der Waals surface area contributed by atoms with Crippen molar-refractivity contribution in [2.75, 3.05) is 43.5 Å². The van der Waals surface area contributed by atoms with E-state index in [1.54, 1.807) is 32.6 Å². The zero-order valence-corrected chi connectivity index (χ0v) is 19.7. The summed E-state index contributed by atoms with van der Waals surface area (Å²) in [5, 5.41) is 0.518. The highest BCUT2D eigenvalue weighted by Gasteiger charge is 2.30. The second-order valence-corrected chi connectivity index (χ2v) is 10.6. The van der Waals surface area contributed by atoms with Crippen LogP contribution in [0.2, 0.25) is 0 Å². The molecule has 2 aliphatic rings. The number of hydrogen-bond acceptors (Lipinski definition) is 5. The van der Waals surface area contributed by atoms with Crippen LogP contribution in [0.4, 0.5) is 5.69 Å². The molecule has 34 heavy (non-hydrogen) atoms. The maximum absolute atomic E-state index is 13.4. The summed E-state index contributed by atoms with van der Waals surface area (Å²) in [4.78, 5) is 29.3. The van der Waals surface area contributed by atoms with Crippen molar-refractivity contribution in [2.45, 2.75) is 24.3 Å². The molecule has 1 aromatic heterocycles. The first-order valence-corrected chi connectivity index (χ1v) is 13.1. The molecule has 9 heteroatoms. The third-order valence-electron chi connectivity index (χ3n) is 6.48. The van der Waals surface area contributed by atoms with Gasteiger partial charge in [0.15, 0.2) is 9.84 Å². The van der Waals surface area contributed by atoms with Crippen LogP contribution in [0, 0.1) is 0 Å². The molecule has 0 unspecified atom stereocenters. The average Bonchev–Trinajstić information content (AvgIpc) is 3.23. The summed E-state index contributed by atoms with van der Waals surface area (Å²) < 4.78 is 33.9. The molecule has 0 saturated carbocycles. The maximum Gasteiger partial charge on any atom is 0.242 e. The van der Waals surface area contributed by atoms with Gasteiger partial charge in [-0.2, -0.15) is 0 Å². The van der Waals surface area contributed by atoms with Crippen LogP contribution in [0.5, 0.6) is 0 Å². The van der Waals surface area contributed by atoms with Crippen molar-refractivity contribution in [1.82, 2.24) is 9.47 Å². The van der Waals surface area contributed by atoms with E-state index in [4.69, 9.17) is 4.74 Å². The van der Waals surface area contributed by atoms with E-state index in [0.29, 0.717) is 43.8 Å². The molecule has 3 aromatic rings. The van der Waals surface area contributed by atoms with E-state index in [1.807, 2.05) is 30.3 Å². The molecule has 0 N–H and O–H groups in total. The lowest BCUT2D eigenvalue weighted by molar-refractivity contribution is -0.135. The molecule has 2 aromatic carbocycles. The summed E-state index contributed by atoms with van der Waals surface area (Å²) in [6.45, 7) is 2.58. The molecule has 1 fully saturated rings. The predicted octanol–water partition coefficient (Wildman–Crippen LogP) is 2.25. The molecule has 5 rings (SSSR count). The molecule has 2 amide bonds. The Morgan fingerprint density at radius 1 is 0.912 bits per heavy atom. The van der Waals surface area contributed by atoms with Crippen molar-refractivity contribution in [2.24, 2.45) is 0 Å². The predicted molar refractivity (Wildman–Crippen MR) is 129 cm³/mol. The highest BCUT2D eigenvalue weighted by Crippen LogP contribution is 2.29. The number of aryl methyl sites for hydroxylation is 1. The van der Waals surface area contributed by atoms with Gasteiger partial charge in [0.05, 0.1) is 18.1 Å². The molecule has 0 aliphatic carbocycles. The number of ether oxygens (including phenoxy) is 1. The number of para-hydroxylation sites is 2. The number of carbonyl (C=O) groups is 2. The smallest absolute Gasteiger partial charge is 0.242 e. The number of nitrogens with zero attached hydrogens (tertiary/aromatic N) is 3. The Hall–Kier alpha value is -3.17. The summed E-state index contributed by atoms with van der Waals surface area (Å²) >= 11 is 0. The maximum atomic E-state index is 13.4. The zero-order valence-electron chi connectivity index (χ0n) is 18.9. The molecule has 0 atom stereocenters. The third-order valence-corrected chi connectivity index (χ3v) is 8.10. The standard InChI is InChI=1S/C25H27N3O5S/c29-24(26-12-14-33-15-13-26)17-27-16-23(20-8-2-4-10-22(20)27)34(31,32)18-25(30)28-11-5-7-19-6-1-3-9-21(19)28/h1-4,6,8-10,16H,5,7,11-15,17-18H2. The highest BCUT2D eigenvalue weighted by molar-refractivity contribution is 7.92. The number of sulfone groups is 1. The van der Waals surface area contributed by atoms with E-state index in [2.05, 4.69) is 0 Å². The normalized spacial score (nSPS) is 16.5. The van der Waals surface area contributed by atoms with Crippen LogP contribution in [-0.4, -0.2) is 68.3 Å². The monoisotopic (exact) mass is 481 g/mol. The van der Waals surface area contributed by atoms with Crippen LogP contribution in [0.15, 0.2) is 59.6 Å². The topological polar surface area (TPSA) is 88.9 Å². The van der Waals surface area contributed by atoms with Gasteiger partial charge < -0.3 is 19.1 Å². The first-order valence-electron chi connectivity index (χ1n) is 11.5. The van der Waals surface area contributed by atoms with Gasteiger partial charge in [-0.05, 0) is 30.5 Å². The van der Waals surface area contributed by atoms with Gasteiger partial charge in [0, 0.05) is 42.4 Å². The van der Waals surface area contributed by atoms with Gasteiger partial charge in [0.2, 0.25) is 11.8 Å². The number of carbonyl (C=O) groups excluding carboxylic acids is 2. The number of anilines is 1. The minimum Gasteiger partial charge on any atom is -0.378 e. The van der Waals surface area contributed by atoms with E-state index >= 15 is 0 Å². The molecular formula is C25H27N3O5S. The van der Waals surface area contributed by atoms with Crippen LogP contribution in [0.25, 0.3) is 10.9 Å².